The molecule has 0 bridgehead atoms. The van der Waals surface area contributed by atoms with Crippen molar-refractivity contribution in [3.8, 4) is 0 Å². The molecule has 4 nitrogen and oxygen atoms in total. The van der Waals surface area contributed by atoms with Gasteiger partial charge in [0.1, 0.15) is 5.82 Å². The summed E-state index contributed by atoms with van der Waals surface area (Å²) in [6, 6.07) is 4.53. The minimum atomic E-state index is -0.515. The van der Waals surface area contributed by atoms with Crippen molar-refractivity contribution < 1.29 is 14.0 Å². The maximum atomic E-state index is 13.9. The molecule has 1 aromatic carbocycles. The van der Waals surface area contributed by atoms with Crippen LogP contribution in [0.3, 0.4) is 0 Å². The normalized spacial score (nSPS) is 24.8. The topological polar surface area (TPSA) is 63.4 Å². The first-order chi connectivity index (χ1) is 12.1. The summed E-state index contributed by atoms with van der Waals surface area (Å²) in [6.07, 6.45) is 3.80. The first-order valence-electron chi connectivity index (χ1n) is 8.87. The monoisotopic (exact) mass is 378 g/mol. The maximum Gasteiger partial charge on any atom is 0.222 e. The standard InChI is InChI=1S/C20H24ClFN2O2/c1-19(2)11-20(10-16(23)18(19)26)8-9-24(12-20)17(25)7-6-13-14(21)4-3-5-15(13)22/h3-5,10H,6-9,11-12,23H2,1-2H3/t20-/m0/s1. The number of rotatable bonds is 3. The smallest absolute Gasteiger partial charge is 0.222 e. The predicted octanol–water partition coefficient (Wildman–Crippen LogP) is 3.47. The van der Waals surface area contributed by atoms with Crippen LogP contribution in [-0.4, -0.2) is 29.7 Å². The summed E-state index contributed by atoms with van der Waals surface area (Å²) in [5.74, 6) is -0.434. The molecule has 0 unspecified atom stereocenters. The van der Waals surface area contributed by atoms with Crippen molar-refractivity contribution in [3.63, 3.8) is 0 Å². The van der Waals surface area contributed by atoms with E-state index in [9.17, 15) is 14.0 Å². The van der Waals surface area contributed by atoms with Crippen molar-refractivity contribution in [2.75, 3.05) is 13.1 Å². The summed E-state index contributed by atoms with van der Waals surface area (Å²) in [5.41, 5.74) is 5.87. The fourth-order valence-corrected chi connectivity index (χ4v) is 4.59. The SMILES string of the molecule is CC1(C)C[C@@]2(C=C(N)C1=O)CCN(C(=O)CCc1c(F)cccc1Cl)C2. The van der Waals surface area contributed by atoms with Gasteiger partial charge in [-0.1, -0.05) is 31.5 Å². The Morgan fingerprint density at radius 2 is 2.12 bits per heavy atom. The quantitative estimate of drug-likeness (QED) is 0.875. The van der Waals surface area contributed by atoms with E-state index in [0.717, 1.165) is 6.42 Å². The number of hydrogen-bond acceptors (Lipinski definition) is 3. The Hall–Kier alpha value is -1.88. The highest BCUT2D eigenvalue weighted by Crippen LogP contribution is 2.47. The van der Waals surface area contributed by atoms with Crippen LogP contribution in [-0.2, 0) is 16.0 Å². The Labute approximate surface area is 158 Å². The molecule has 2 N–H and O–H groups in total. The number of carbonyl (C=O) groups excluding carboxylic acids is 2. The number of Topliss-reactive ketones (excluding diaryl/α,β-unsaturated/α-hetero) is 1. The Bertz CT molecular complexity index is 770. The van der Waals surface area contributed by atoms with Crippen molar-refractivity contribution in [1.29, 1.82) is 0 Å². The van der Waals surface area contributed by atoms with E-state index in [1.54, 1.807) is 17.0 Å². The van der Waals surface area contributed by atoms with Crippen molar-refractivity contribution in [2.24, 2.45) is 16.6 Å². The van der Waals surface area contributed by atoms with E-state index in [1.807, 2.05) is 19.9 Å². The van der Waals surface area contributed by atoms with Gasteiger partial charge in [-0.05, 0) is 37.5 Å². The summed E-state index contributed by atoms with van der Waals surface area (Å²) in [5, 5.41) is 0.346. The molecule has 1 saturated heterocycles. The molecule has 26 heavy (non-hydrogen) atoms. The molecule has 1 spiro atoms. The lowest BCUT2D eigenvalue weighted by atomic mass is 9.65. The summed E-state index contributed by atoms with van der Waals surface area (Å²) in [6.45, 7) is 4.98. The highest BCUT2D eigenvalue weighted by molar-refractivity contribution is 6.31. The van der Waals surface area contributed by atoms with Gasteiger partial charge in [-0.3, -0.25) is 9.59 Å². The molecule has 1 aliphatic heterocycles. The molecule has 1 heterocycles. The van der Waals surface area contributed by atoms with Crippen LogP contribution in [0.2, 0.25) is 5.02 Å². The molecule has 1 aliphatic carbocycles. The van der Waals surface area contributed by atoms with E-state index < -0.39 is 5.41 Å². The number of carbonyl (C=O) groups is 2. The van der Waals surface area contributed by atoms with Crippen molar-refractivity contribution in [2.45, 2.75) is 39.5 Å². The molecule has 0 saturated carbocycles. The second kappa shape index (κ2) is 6.69. The van der Waals surface area contributed by atoms with Gasteiger partial charge in [0.25, 0.3) is 0 Å². The number of hydrogen-bond donors (Lipinski definition) is 1. The average molecular weight is 379 g/mol. The third-order valence-corrected chi connectivity index (χ3v) is 5.88. The third kappa shape index (κ3) is 3.50. The zero-order valence-electron chi connectivity index (χ0n) is 15.1. The van der Waals surface area contributed by atoms with Gasteiger partial charge in [0.05, 0.1) is 5.70 Å². The summed E-state index contributed by atoms with van der Waals surface area (Å²) in [7, 11) is 0. The average Bonchev–Trinajstić information content (AvgIpc) is 2.95. The lowest BCUT2D eigenvalue weighted by molar-refractivity contribution is -0.130. The van der Waals surface area contributed by atoms with Crippen LogP contribution in [0.4, 0.5) is 4.39 Å². The number of ketones is 1. The molecule has 3 rings (SSSR count). The number of likely N-dealkylation sites (tertiary alicyclic amines) is 1. The van der Waals surface area contributed by atoms with E-state index in [1.165, 1.54) is 6.07 Å². The Morgan fingerprint density at radius 3 is 2.77 bits per heavy atom. The third-order valence-electron chi connectivity index (χ3n) is 5.52. The molecule has 140 valence electrons. The first-order valence-corrected chi connectivity index (χ1v) is 9.25. The summed E-state index contributed by atoms with van der Waals surface area (Å²) in [4.78, 5) is 26.6. The first kappa shape index (κ1) is 18.9. The molecular formula is C20H24ClFN2O2. The van der Waals surface area contributed by atoms with Gasteiger partial charge in [0.2, 0.25) is 5.91 Å². The fraction of sp³-hybridized carbons (Fsp3) is 0.500. The van der Waals surface area contributed by atoms with Gasteiger partial charge in [0, 0.05) is 40.9 Å². The van der Waals surface area contributed by atoms with Crippen LogP contribution < -0.4 is 5.73 Å². The van der Waals surface area contributed by atoms with Crippen LogP contribution >= 0.6 is 11.6 Å². The second-order valence-corrected chi connectivity index (χ2v) is 8.52. The van der Waals surface area contributed by atoms with Gasteiger partial charge in [0.15, 0.2) is 5.78 Å². The van der Waals surface area contributed by atoms with Gasteiger partial charge >= 0.3 is 0 Å². The number of benzene rings is 1. The molecule has 0 radical (unpaired) electrons. The summed E-state index contributed by atoms with van der Waals surface area (Å²) >= 11 is 6.03. The van der Waals surface area contributed by atoms with Gasteiger partial charge in [-0.2, -0.15) is 0 Å². The minimum Gasteiger partial charge on any atom is -0.396 e. The molecule has 6 heteroatoms. The Kier molecular flexibility index (Phi) is 4.86. The van der Waals surface area contributed by atoms with Crippen molar-refractivity contribution in [3.05, 3.63) is 46.4 Å². The lowest BCUT2D eigenvalue weighted by Crippen LogP contribution is -2.42. The molecule has 1 aromatic rings. The molecule has 2 aliphatic rings. The molecular weight excluding hydrogens is 355 g/mol. The molecule has 1 amide bonds. The fourth-order valence-electron chi connectivity index (χ4n) is 4.33. The van der Waals surface area contributed by atoms with E-state index in [-0.39, 0.29) is 35.8 Å². The van der Waals surface area contributed by atoms with Crippen molar-refractivity contribution >= 4 is 23.3 Å². The second-order valence-electron chi connectivity index (χ2n) is 8.12. The molecule has 1 fully saturated rings. The van der Waals surface area contributed by atoms with Crippen LogP contribution in [0.5, 0.6) is 0 Å². The lowest BCUT2D eigenvalue weighted by Gasteiger charge is -2.39. The number of nitrogens with zero attached hydrogens (tertiary/aromatic N) is 1. The largest absolute Gasteiger partial charge is 0.396 e. The van der Waals surface area contributed by atoms with Gasteiger partial charge in [-0.25, -0.2) is 4.39 Å². The molecule has 0 aromatic heterocycles. The highest BCUT2D eigenvalue weighted by Gasteiger charge is 2.48. The summed E-state index contributed by atoms with van der Waals surface area (Å²) < 4.78 is 13.9. The van der Waals surface area contributed by atoms with Crippen LogP contribution in [0.25, 0.3) is 0 Å². The minimum absolute atomic E-state index is 0.0251. The van der Waals surface area contributed by atoms with Crippen LogP contribution in [0.15, 0.2) is 30.0 Å². The maximum absolute atomic E-state index is 13.9. The zero-order chi connectivity index (χ0) is 19.1. The number of halogens is 2. The van der Waals surface area contributed by atoms with Gasteiger partial charge in [-0.15, -0.1) is 0 Å². The Morgan fingerprint density at radius 1 is 1.38 bits per heavy atom. The van der Waals surface area contributed by atoms with Crippen LogP contribution in [0, 0.1) is 16.6 Å². The van der Waals surface area contributed by atoms with E-state index >= 15 is 0 Å². The zero-order valence-corrected chi connectivity index (χ0v) is 15.9. The Balaban J connectivity index is 1.67. The number of nitrogens with two attached hydrogens (primary N) is 1. The predicted molar refractivity (Wildman–Crippen MR) is 99.0 cm³/mol. The number of amides is 1. The number of allylic oxidation sites excluding steroid dienone is 1. The molecule has 1 atom stereocenters. The van der Waals surface area contributed by atoms with E-state index in [4.69, 9.17) is 17.3 Å². The van der Waals surface area contributed by atoms with E-state index in [0.29, 0.717) is 35.8 Å². The van der Waals surface area contributed by atoms with E-state index in [2.05, 4.69) is 0 Å². The van der Waals surface area contributed by atoms with Crippen molar-refractivity contribution in [1.82, 2.24) is 4.90 Å². The highest BCUT2D eigenvalue weighted by atomic mass is 35.5. The van der Waals surface area contributed by atoms with Gasteiger partial charge < -0.3 is 10.6 Å². The van der Waals surface area contributed by atoms with Crippen LogP contribution in [0.1, 0.15) is 38.7 Å².